The van der Waals surface area contributed by atoms with E-state index in [1.807, 2.05) is 12.1 Å². The topological polar surface area (TPSA) is 53.9 Å². The first kappa shape index (κ1) is 14.2. The molecule has 0 saturated carbocycles. The number of nitrogens with one attached hydrogen (secondary N) is 1. The van der Waals surface area contributed by atoms with Gasteiger partial charge in [0.1, 0.15) is 11.5 Å². The van der Waals surface area contributed by atoms with Crippen molar-refractivity contribution in [3.63, 3.8) is 0 Å². The summed E-state index contributed by atoms with van der Waals surface area (Å²) in [6, 6.07) is 12.2. The van der Waals surface area contributed by atoms with Gasteiger partial charge in [0.05, 0.1) is 18.5 Å². The summed E-state index contributed by atoms with van der Waals surface area (Å²) in [4.78, 5) is 0. The van der Waals surface area contributed by atoms with Crippen molar-refractivity contribution >= 4 is 23.0 Å². The van der Waals surface area contributed by atoms with E-state index in [9.17, 15) is 5.11 Å². The zero-order valence-electron chi connectivity index (χ0n) is 11.2. The number of benzene rings is 2. The molecule has 2 N–H and O–H groups in total. The van der Waals surface area contributed by atoms with Crippen LogP contribution in [0, 0.1) is 0 Å². The number of phenolic OH excluding ortho intramolecular Hbond substituents is 1. The van der Waals surface area contributed by atoms with E-state index >= 15 is 0 Å². The molecule has 20 heavy (non-hydrogen) atoms. The summed E-state index contributed by atoms with van der Waals surface area (Å²) >= 11 is 5.90. The van der Waals surface area contributed by atoms with E-state index in [2.05, 4.69) is 10.5 Å². The minimum atomic E-state index is 0.153. The van der Waals surface area contributed by atoms with E-state index in [0.29, 0.717) is 22.0 Å². The minimum absolute atomic E-state index is 0.153. The van der Waals surface area contributed by atoms with E-state index in [4.69, 9.17) is 16.3 Å². The maximum absolute atomic E-state index is 9.86. The van der Waals surface area contributed by atoms with Crippen LogP contribution in [0.25, 0.3) is 0 Å². The van der Waals surface area contributed by atoms with E-state index in [-0.39, 0.29) is 5.75 Å². The van der Waals surface area contributed by atoms with Gasteiger partial charge in [0.15, 0.2) is 0 Å². The summed E-state index contributed by atoms with van der Waals surface area (Å²) < 4.78 is 5.13. The van der Waals surface area contributed by atoms with Gasteiger partial charge in [-0.2, -0.15) is 5.10 Å². The Labute approximate surface area is 122 Å². The lowest BCUT2D eigenvalue weighted by atomic mass is 10.1. The predicted octanol–water partition coefficient (Wildman–Crippen LogP) is 3.89. The molecule has 4 nitrogen and oxygen atoms in total. The van der Waals surface area contributed by atoms with Crippen molar-refractivity contribution in [2.75, 3.05) is 12.5 Å². The zero-order chi connectivity index (χ0) is 14.5. The molecule has 104 valence electrons. The molecule has 0 unspecified atom stereocenters. The van der Waals surface area contributed by atoms with Gasteiger partial charge < -0.3 is 9.84 Å². The summed E-state index contributed by atoms with van der Waals surface area (Å²) in [5, 5.41) is 14.7. The van der Waals surface area contributed by atoms with Crippen LogP contribution in [0.2, 0.25) is 5.02 Å². The molecule has 5 heteroatoms. The Bertz CT molecular complexity index is 642. The molecule has 0 aliphatic heterocycles. The van der Waals surface area contributed by atoms with E-state index in [0.717, 1.165) is 5.69 Å². The number of hydrogen-bond donors (Lipinski definition) is 2. The van der Waals surface area contributed by atoms with Crippen LogP contribution in [0.15, 0.2) is 47.6 Å². The Morgan fingerprint density at radius 3 is 2.75 bits per heavy atom. The van der Waals surface area contributed by atoms with Crippen LogP contribution < -0.4 is 10.2 Å². The van der Waals surface area contributed by atoms with Gasteiger partial charge in [-0.1, -0.05) is 17.7 Å². The molecule has 0 heterocycles. The van der Waals surface area contributed by atoms with E-state index in [1.165, 1.54) is 0 Å². The normalized spacial score (nSPS) is 11.2. The van der Waals surface area contributed by atoms with Crippen molar-refractivity contribution in [1.29, 1.82) is 0 Å². The summed E-state index contributed by atoms with van der Waals surface area (Å²) in [5.41, 5.74) is 4.93. The molecule has 0 spiro atoms. The van der Waals surface area contributed by atoms with Crippen molar-refractivity contribution in [1.82, 2.24) is 0 Å². The molecule has 2 aromatic rings. The van der Waals surface area contributed by atoms with Gasteiger partial charge in [-0.25, -0.2) is 0 Å². The largest absolute Gasteiger partial charge is 0.507 e. The lowest BCUT2D eigenvalue weighted by Gasteiger charge is -2.08. The molecule has 0 aromatic heterocycles. The fraction of sp³-hybridized carbons (Fsp3) is 0.133. The van der Waals surface area contributed by atoms with Gasteiger partial charge >= 0.3 is 0 Å². The van der Waals surface area contributed by atoms with Crippen LogP contribution in [0.4, 0.5) is 5.69 Å². The molecule has 2 rings (SSSR count). The van der Waals surface area contributed by atoms with Gasteiger partial charge in [0.2, 0.25) is 0 Å². The van der Waals surface area contributed by atoms with Crippen molar-refractivity contribution in [2.45, 2.75) is 6.92 Å². The number of nitrogens with zero attached hydrogens (tertiary/aromatic N) is 1. The Hall–Kier alpha value is -2.20. The van der Waals surface area contributed by atoms with E-state index < -0.39 is 0 Å². The van der Waals surface area contributed by atoms with Gasteiger partial charge in [-0.05, 0) is 43.3 Å². The minimum Gasteiger partial charge on any atom is -0.507 e. The molecule has 0 atom stereocenters. The van der Waals surface area contributed by atoms with E-state index in [1.54, 1.807) is 44.4 Å². The van der Waals surface area contributed by atoms with Crippen LogP contribution >= 0.6 is 11.6 Å². The first-order valence-corrected chi connectivity index (χ1v) is 6.41. The summed E-state index contributed by atoms with van der Waals surface area (Å²) in [6.07, 6.45) is 0. The quantitative estimate of drug-likeness (QED) is 0.663. The predicted molar refractivity (Wildman–Crippen MR) is 81.9 cm³/mol. The SMILES string of the molecule is COc1ccc(O)c(/C(C)=N/Nc2cccc(Cl)c2)c1. The van der Waals surface area contributed by atoms with Gasteiger partial charge in [0, 0.05) is 10.6 Å². The first-order valence-electron chi connectivity index (χ1n) is 6.03. The molecular formula is C15H15ClN2O2. The first-order chi connectivity index (χ1) is 9.60. The highest BCUT2D eigenvalue weighted by atomic mass is 35.5. The molecular weight excluding hydrogens is 276 g/mol. The standard InChI is InChI=1S/C15H15ClN2O2/c1-10(14-9-13(20-2)6-7-15(14)19)17-18-12-5-3-4-11(16)8-12/h3-9,18-19H,1-2H3/b17-10+. The maximum Gasteiger partial charge on any atom is 0.124 e. The number of hydrazone groups is 1. The lowest BCUT2D eigenvalue weighted by molar-refractivity contribution is 0.412. The van der Waals surface area contributed by atoms with Crippen molar-refractivity contribution in [3.05, 3.63) is 53.1 Å². The van der Waals surface area contributed by atoms with Crippen molar-refractivity contribution in [2.24, 2.45) is 5.10 Å². The molecule has 0 aliphatic carbocycles. The molecule has 0 fully saturated rings. The highest BCUT2D eigenvalue weighted by molar-refractivity contribution is 6.30. The third kappa shape index (κ3) is 3.42. The lowest BCUT2D eigenvalue weighted by Crippen LogP contribution is -2.00. The summed E-state index contributed by atoms with van der Waals surface area (Å²) in [7, 11) is 1.58. The third-order valence-electron chi connectivity index (χ3n) is 2.77. The summed E-state index contributed by atoms with van der Waals surface area (Å²) in [5.74, 6) is 0.815. The van der Waals surface area contributed by atoms with Crippen LogP contribution in [0.5, 0.6) is 11.5 Å². The van der Waals surface area contributed by atoms with Crippen LogP contribution in [-0.4, -0.2) is 17.9 Å². The fourth-order valence-electron chi connectivity index (χ4n) is 1.70. The number of halogens is 1. The molecule has 0 radical (unpaired) electrons. The number of hydrogen-bond acceptors (Lipinski definition) is 4. The van der Waals surface area contributed by atoms with Crippen LogP contribution in [0.1, 0.15) is 12.5 Å². The number of aromatic hydroxyl groups is 1. The van der Waals surface area contributed by atoms with Gasteiger partial charge in [-0.3, -0.25) is 5.43 Å². The van der Waals surface area contributed by atoms with Crippen molar-refractivity contribution in [3.8, 4) is 11.5 Å². The summed E-state index contributed by atoms with van der Waals surface area (Å²) in [6.45, 7) is 1.80. The molecule has 0 aliphatic rings. The number of methoxy groups -OCH3 is 1. The number of rotatable bonds is 4. The molecule has 0 bridgehead atoms. The number of ether oxygens (including phenoxy) is 1. The second kappa shape index (κ2) is 6.30. The highest BCUT2D eigenvalue weighted by Crippen LogP contribution is 2.23. The number of phenols is 1. The second-order valence-corrected chi connectivity index (χ2v) is 4.64. The van der Waals surface area contributed by atoms with Gasteiger partial charge in [-0.15, -0.1) is 0 Å². The Balaban J connectivity index is 2.22. The molecule has 0 saturated heterocycles. The fourth-order valence-corrected chi connectivity index (χ4v) is 1.89. The monoisotopic (exact) mass is 290 g/mol. The van der Waals surface area contributed by atoms with Crippen molar-refractivity contribution < 1.29 is 9.84 Å². The zero-order valence-corrected chi connectivity index (χ0v) is 12.0. The Kier molecular flexibility index (Phi) is 4.48. The molecule has 0 amide bonds. The Morgan fingerprint density at radius 1 is 1.25 bits per heavy atom. The van der Waals surface area contributed by atoms with Gasteiger partial charge in [0.25, 0.3) is 0 Å². The second-order valence-electron chi connectivity index (χ2n) is 4.20. The van der Waals surface area contributed by atoms with Crippen LogP contribution in [0.3, 0.4) is 0 Å². The average Bonchev–Trinajstić information content (AvgIpc) is 2.45. The third-order valence-corrected chi connectivity index (χ3v) is 3.01. The smallest absolute Gasteiger partial charge is 0.124 e. The average molecular weight is 291 g/mol. The number of anilines is 1. The Morgan fingerprint density at radius 2 is 2.05 bits per heavy atom. The molecule has 2 aromatic carbocycles. The maximum atomic E-state index is 9.86. The highest BCUT2D eigenvalue weighted by Gasteiger charge is 2.06. The van der Waals surface area contributed by atoms with Crippen LogP contribution in [-0.2, 0) is 0 Å².